The smallest absolute Gasteiger partial charge is 0.326 e. The number of carboxylic acids is 2. The summed E-state index contributed by atoms with van der Waals surface area (Å²) < 4.78 is 25.6. The van der Waals surface area contributed by atoms with Crippen LogP contribution in [0.1, 0.15) is 23.2 Å². The number of hydrogen-bond donors (Lipinski definition) is 3. The normalized spacial score (nSPS) is 11.7. The average molecular weight is 287 g/mol. The van der Waals surface area contributed by atoms with Gasteiger partial charge in [0.25, 0.3) is 5.91 Å². The van der Waals surface area contributed by atoms with E-state index >= 15 is 0 Å². The van der Waals surface area contributed by atoms with Crippen LogP contribution < -0.4 is 5.32 Å². The number of carboxylic acid groups (broad SMARTS) is 2. The van der Waals surface area contributed by atoms with Gasteiger partial charge in [0.05, 0.1) is 0 Å². The highest BCUT2D eigenvalue weighted by atomic mass is 19.2. The van der Waals surface area contributed by atoms with Gasteiger partial charge < -0.3 is 15.5 Å². The molecule has 0 aliphatic carbocycles. The van der Waals surface area contributed by atoms with Crippen molar-refractivity contribution in [3.05, 3.63) is 35.4 Å². The number of rotatable bonds is 6. The summed E-state index contributed by atoms with van der Waals surface area (Å²) in [5, 5.41) is 19.3. The van der Waals surface area contributed by atoms with Gasteiger partial charge in [-0.2, -0.15) is 0 Å². The molecule has 0 saturated heterocycles. The van der Waals surface area contributed by atoms with Gasteiger partial charge >= 0.3 is 11.9 Å². The van der Waals surface area contributed by atoms with E-state index in [0.29, 0.717) is 6.07 Å². The Morgan fingerprint density at radius 3 is 2.30 bits per heavy atom. The number of nitrogens with one attached hydrogen (secondary N) is 1. The SMILES string of the molecule is O=C(O)CCC(NC(=O)c1ccc(F)c(F)c1)C(=O)O. The second kappa shape index (κ2) is 6.60. The second-order valence-electron chi connectivity index (χ2n) is 3.93. The molecular weight excluding hydrogens is 276 g/mol. The molecule has 0 radical (unpaired) electrons. The van der Waals surface area contributed by atoms with Crippen LogP contribution in [0.3, 0.4) is 0 Å². The van der Waals surface area contributed by atoms with Crippen molar-refractivity contribution >= 4 is 17.8 Å². The van der Waals surface area contributed by atoms with Gasteiger partial charge in [-0.1, -0.05) is 0 Å². The second-order valence-corrected chi connectivity index (χ2v) is 3.93. The molecule has 108 valence electrons. The summed E-state index contributed by atoms with van der Waals surface area (Å²) in [6.45, 7) is 0. The van der Waals surface area contributed by atoms with Gasteiger partial charge in [0.2, 0.25) is 0 Å². The monoisotopic (exact) mass is 287 g/mol. The van der Waals surface area contributed by atoms with E-state index in [1.807, 2.05) is 5.32 Å². The van der Waals surface area contributed by atoms with Crippen molar-refractivity contribution in [1.29, 1.82) is 0 Å². The summed E-state index contributed by atoms with van der Waals surface area (Å²) >= 11 is 0. The number of aliphatic carboxylic acids is 2. The van der Waals surface area contributed by atoms with Crippen molar-refractivity contribution in [3.63, 3.8) is 0 Å². The van der Waals surface area contributed by atoms with E-state index in [1.165, 1.54) is 0 Å². The summed E-state index contributed by atoms with van der Waals surface area (Å²) in [5.41, 5.74) is -0.259. The third-order valence-corrected chi connectivity index (χ3v) is 2.43. The maximum absolute atomic E-state index is 12.9. The summed E-state index contributed by atoms with van der Waals surface area (Å²) in [6.07, 6.45) is -0.769. The number of halogens is 2. The number of hydrogen-bond acceptors (Lipinski definition) is 3. The van der Waals surface area contributed by atoms with Crippen LogP contribution in [-0.4, -0.2) is 34.1 Å². The highest BCUT2D eigenvalue weighted by molar-refractivity contribution is 5.96. The Morgan fingerprint density at radius 1 is 1.15 bits per heavy atom. The summed E-state index contributed by atoms with van der Waals surface area (Å²) in [7, 11) is 0. The highest BCUT2D eigenvalue weighted by Crippen LogP contribution is 2.09. The molecule has 20 heavy (non-hydrogen) atoms. The quantitative estimate of drug-likeness (QED) is 0.724. The molecule has 1 rings (SSSR count). The van der Waals surface area contributed by atoms with Crippen molar-refractivity contribution in [2.75, 3.05) is 0 Å². The average Bonchev–Trinajstić information content (AvgIpc) is 2.36. The minimum absolute atomic E-state index is 0.259. The predicted octanol–water partition coefficient (Wildman–Crippen LogP) is 1.01. The minimum atomic E-state index is -1.42. The molecule has 0 aromatic heterocycles. The van der Waals surface area contributed by atoms with E-state index in [1.54, 1.807) is 0 Å². The van der Waals surface area contributed by atoms with Crippen LogP contribution in [0.4, 0.5) is 8.78 Å². The fourth-order valence-corrected chi connectivity index (χ4v) is 1.40. The molecule has 0 aliphatic rings. The first kappa shape index (κ1) is 15.5. The standard InChI is InChI=1S/C12H11F2NO5/c13-7-2-1-6(5-8(7)14)11(18)15-9(12(19)20)3-4-10(16)17/h1-2,5,9H,3-4H2,(H,15,18)(H,16,17)(H,19,20). The lowest BCUT2D eigenvalue weighted by Gasteiger charge is -2.13. The molecule has 0 fully saturated rings. The molecule has 1 amide bonds. The Kier molecular flexibility index (Phi) is 5.13. The lowest BCUT2D eigenvalue weighted by Crippen LogP contribution is -2.41. The molecule has 0 aliphatic heterocycles. The van der Waals surface area contributed by atoms with E-state index in [2.05, 4.69) is 0 Å². The lowest BCUT2D eigenvalue weighted by atomic mass is 10.1. The number of carbonyl (C=O) groups is 3. The number of benzene rings is 1. The first-order valence-electron chi connectivity index (χ1n) is 5.51. The third-order valence-electron chi connectivity index (χ3n) is 2.43. The first-order chi connectivity index (χ1) is 9.31. The van der Waals surface area contributed by atoms with Crippen molar-refractivity contribution in [3.8, 4) is 0 Å². The molecule has 1 aromatic carbocycles. The van der Waals surface area contributed by atoms with Crippen LogP contribution in [0.25, 0.3) is 0 Å². The van der Waals surface area contributed by atoms with Crippen LogP contribution in [0.5, 0.6) is 0 Å². The number of amides is 1. The summed E-state index contributed by atoms with van der Waals surface area (Å²) in [6, 6.07) is 0.925. The van der Waals surface area contributed by atoms with Gasteiger partial charge in [-0.3, -0.25) is 9.59 Å². The van der Waals surface area contributed by atoms with E-state index < -0.39 is 41.9 Å². The topological polar surface area (TPSA) is 104 Å². The lowest BCUT2D eigenvalue weighted by molar-refractivity contribution is -0.140. The largest absolute Gasteiger partial charge is 0.481 e. The fraction of sp³-hybridized carbons (Fsp3) is 0.250. The maximum Gasteiger partial charge on any atom is 0.326 e. The highest BCUT2D eigenvalue weighted by Gasteiger charge is 2.22. The molecule has 1 unspecified atom stereocenters. The molecule has 0 bridgehead atoms. The van der Waals surface area contributed by atoms with Gasteiger partial charge in [-0.25, -0.2) is 13.6 Å². The maximum atomic E-state index is 12.9. The Morgan fingerprint density at radius 2 is 1.80 bits per heavy atom. The Hall–Kier alpha value is -2.51. The minimum Gasteiger partial charge on any atom is -0.481 e. The predicted molar refractivity (Wildman–Crippen MR) is 62.1 cm³/mol. The molecule has 0 heterocycles. The molecule has 6 nitrogen and oxygen atoms in total. The molecule has 8 heteroatoms. The van der Waals surface area contributed by atoms with Crippen LogP contribution in [0, 0.1) is 11.6 Å². The molecule has 1 atom stereocenters. The van der Waals surface area contributed by atoms with Crippen LogP contribution >= 0.6 is 0 Å². The fourth-order valence-electron chi connectivity index (χ4n) is 1.40. The van der Waals surface area contributed by atoms with E-state index in [-0.39, 0.29) is 12.0 Å². The zero-order valence-corrected chi connectivity index (χ0v) is 10.1. The van der Waals surface area contributed by atoms with Gasteiger partial charge in [0.1, 0.15) is 6.04 Å². The number of carbonyl (C=O) groups excluding carboxylic acids is 1. The summed E-state index contributed by atoms with van der Waals surface area (Å²) in [4.78, 5) is 32.9. The zero-order valence-electron chi connectivity index (χ0n) is 10.1. The van der Waals surface area contributed by atoms with Crippen LogP contribution in [-0.2, 0) is 9.59 Å². The van der Waals surface area contributed by atoms with Crippen LogP contribution in [0.2, 0.25) is 0 Å². The Bertz CT molecular complexity index is 547. The van der Waals surface area contributed by atoms with Gasteiger partial charge in [-0.05, 0) is 24.6 Å². The van der Waals surface area contributed by atoms with Crippen molar-refractivity contribution in [1.82, 2.24) is 5.32 Å². The molecule has 3 N–H and O–H groups in total. The van der Waals surface area contributed by atoms with E-state index in [0.717, 1.165) is 12.1 Å². The van der Waals surface area contributed by atoms with Crippen molar-refractivity contribution < 1.29 is 33.4 Å². The Labute approximate surface area is 112 Å². The van der Waals surface area contributed by atoms with Crippen molar-refractivity contribution in [2.24, 2.45) is 0 Å². The third kappa shape index (κ3) is 4.30. The van der Waals surface area contributed by atoms with E-state index in [9.17, 15) is 23.2 Å². The van der Waals surface area contributed by atoms with Crippen LogP contribution in [0.15, 0.2) is 18.2 Å². The Balaban J connectivity index is 2.77. The van der Waals surface area contributed by atoms with Gasteiger partial charge in [-0.15, -0.1) is 0 Å². The van der Waals surface area contributed by atoms with Gasteiger partial charge in [0.15, 0.2) is 11.6 Å². The van der Waals surface area contributed by atoms with E-state index in [4.69, 9.17) is 10.2 Å². The molecule has 1 aromatic rings. The van der Waals surface area contributed by atoms with Crippen molar-refractivity contribution in [2.45, 2.75) is 18.9 Å². The molecular formula is C12H11F2NO5. The molecule has 0 saturated carbocycles. The zero-order chi connectivity index (χ0) is 15.3. The summed E-state index contributed by atoms with van der Waals surface area (Å²) in [5.74, 6) is -5.93. The molecule has 0 spiro atoms. The van der Waals surface area contributed by atoms with Gasteiger partial charge in [0, 0.05) is 12.0 Å². The first-order valence-corrected chi connectivity index (χ1v) is 5.51.